The Labute approximate surface area is 231 Å². The van der Waals surface area contributed by atoms with Crippen LogP contribution in [0.15, 0.2) is 72.8 Å². The summed E-state index contributed by atoms with van der Waals surface area (Å²) in [6.45, 7) is 3.04. The van der Waals surface area contributed by atoms with Gasteiger partial charge in [0.05, 0.1) is 13.2 Å². The average Bonchev–Trinajstić information content (AvgIpc) is 3.32. The molecule has 4 aliphatic rings. The second kappa shape index (κ2) is 9.79. The molecule has 3 aromatic carbocycles. The van der Waals surface area contributed by atoms with Gasteiger partial charge in [0.1, 0.15) is 0 Å². The van der Waals surface area contributed by atoms with Gasteiger partial charge < -0.3 is 9.47 Å². The van der Waals surface area contributed by atoms with Crippen molar-refractivity contribution in [1.29, 1.82) is 0 Å². The third-order valence-electron chi connectivity index (χ3n) is 9.94. The smallest absolute Gasteiger partial charge is 0.174 e. The number of nitrogens with zero attached hydrogens (tertiary/aromatic N) is 1. The molecule has 0 amide bonds. The number of carbonyl (C=O) groups is 1. The molecule has 7 rings (SSSR count). The lowest BCUT2D eigenvalue weighted by Gasteiger charge is -2.57. The fourth-order valence-electron chi connectivity index (χ4n) is 8.20. The van der Waals surface area contributed by atoms with E-state index < -0.39 is 6.10 Å². The monoisotopic (exact) mass is 523 g/mol. The summed E-state index contributed by atoms with van der Waals surface area (Å²) in [6, 6.07) is 26.0. The van der Waals surface area contributed by atoms with E-state index >= 15 is 0 Å². The van der Waals surface area contributed by atoms with E-state index in [1.165, 1.54) is 22.3 Å². The summed E-state index contributed by atoms with van der Waals surface area (Å²) in [7, 11) is 1.69. The molecule has 5 heteroatoms. The first-order valence-corrected chi connectivity index (χ1v) is 14.5. The van der Waals surface area contributed by atoms with E-state index in [0.29, 0.717) is 12.3 Å². The number of methoxy groups -OCH3 is 1. The molecular weight excluding hydrogens is 486 g/mol. The van der Waals surface area contributed by atoms with Crippen LogP contribution in [0.5, 0.6) is 11.5 Å². The van der Waals surface area contributed by atoms with Crippen LogP contribution >= 0.6 is 0 Å². The minimum absolute atomic E-state index is 0.0267. The fraction of sp³-hybridized carbons (Fsp3) is 0.441. The first kappa shape index (κ1) is 24.9. The standard InChI is InChI=1S/C34H37NO4/c1-22(26(24-11-7-4-8-12-24)15-13-23-9-5-3-6-10-23)39-35-20-19-34-27-16-17-29(36)33(34)38-32-30(37-2)18-14-25(31(32)34)21-28(27)35/h3-12,14,18,22,26-28,33H,13,15-17,19-21H2,1-2H3/t22?,26?,27-,28+,33?,34-/m0/s1. The number of Topliss-reactive ketones (excluding diaryl/α,β-unsaturated/α-hetero) is 1. The molecule has 0 N–H and O–H groups in total. The van der Waals surface area contributed by atoms with Crippen molar-refractivity contribution in [3.63, 3.8) is 0 Å². The van der Waals surface area contributed by atoms with Crippen molar-refractivity contribution in [2.24, 2.45) is 5.92 Å². The topological polar surface area (TPSA) is 48.0 Å². The maximum absolute atomic E-state index is 13.2. The van der Waals surface area contributed by atoms with Crippen molar-refractivity contribution in [2.45, 2.75) is 75.0 Å². The summed E-state index contributed by atoms with van der Waals surface area (Å²) < 4.78 is 12.1. The molecule has 202 valence electrons. The van der Waals surface area contributed by atoms with Gasteiger partial charge >= 0.3 is 0 Å². The number of aryl methyl sites for hydroxylation is 1. The maximum atomic E-state index is 13.2. The van der Waals surface area contributed by atoms with Gasteiger partial charge in [-0.1, -0.05) is 66.7 Å². The van der Waals surface area contributed by atoms with E-state index in [1.54, 1.807) is 7.11 Å². The second-order valence-electron chi connectivity index (χ2n) is 11.8. The van der Waals surface area contributed by atoms with Crippen LogP contribution in [0.4, 0.5) is 0 Å². The molecule has 3 unspecified atom stereocenters. The van der Waals surface area contributed by atoms with Crippen molar-refractivity contribution in [2.75, 3.05) is 13.7 Å². The predicted octanol–water partition coefficient (Wildman–Crippen LogP) is 6.04. The molecule has 5 nitrogen and oxygen atoms in total. The third-order valence-corrected chi connectivity index (χ3v) is 9.94. The summed E-state index contributed by atoms with van der Waals surface area (Å²) >= 11 is 0. The Morgan fingerprint density at radius 2 is 1.82 bits per heavy atom. The van der Waals surface area contributed by atoms with Gasteiger partial charge in [0, 0.05) is 35.9 Å². The number of carbonyl (C=O) groups excluding carboxylic acids is 1. The van der Waals surface area contributed by atoms with Gasteiger partial charge in [0.15, 0.2) is 23.4 Å². The quantitative estimate of drug-likeness (QED) is 0.360. The van der Waals surface area contributed by atoms with Crippen LogP contribution in [0.3, 0.4) is 0 Å². The molecule has 39 heavy (non-hydrogen) atoms. The fourth-order valence-corrected chi connectivity index (χ4v) is 8.20. The number of benzene rings is 3. The molecule has 0 aromatic heterocycles. The van der Waals surface area contributed by atoms with Crippen molar-refractivity contribution in [1.82, 2.24) is 5.06 Å². The number of hydroxylamine groups is 2. The largest absolute Gasteiger partial charge is 0.493 e. The van der Waals surface area contributed by atoms with Gasteiger partial charge in [0.2, 0.25) is 0 Å². The highest BCUT2D eigenvalue weighted by atomic mass is 16.7. The van der Waals surface area contributed by atoms with Gasteiger partial charge in [-0.2, -0.15) is 5.06 Å². The minimum atomic E-state index is -0.397. The van der Waals surface area contributed by atoms with E-state index in [9.17, 15) is 4.79 Å². The molecule has 3 aromatic rings. The summed E-state index contributed by atoms with van der Waals surface area (Å²) in [5.74, 6) is 2.42. The Bertz CT molecular complexity index is 1360. The lowest BCUT2D eigenvalue weighted by molar-refractivity contribution is -0.259. The Kier molecular flexibility index (Phi) is 6.24. The van der Waals surface area contributed by atoms with Crippen molar-refractivity contribution in [3.8, 4) is 11.5 Å². The zero-order valence-corrected chi connectivity index (χ0v) is 22.8. The van der Waals surface area contributed by atoms with Gasteiger partial charge in [-0.05, 0) is 67.7 Å². The van der Waals surface area contributed by atoms with Crippen molar-refractivity contribution < 1.29 is 19.1 Å². The summed E-state index contributed by atoms with van der Waals surface area (Å²) in [5, 5.41) is 2.29. The van der Waals surface area contributed by atoms with E-state index in [1.807, 2.05) is 6.07 Å². The van der Waals surface area contributed by atoms with E-state index in [2.05, 4.69) is 78.7 Å². The second-order valence-corrected chi connectivity index (χ2v) is 11.8. The SMILES string of the molecule is COc1ccc2c3c1OC1C(=O)CC[C@H]4[C@@H](C2)N(OC(C)C(CCc2ccccc2)c2ccccc2)CC[C@]314. The van der Waals surface area contributed by atoms with Crippen LogP contribution < -0.4 is 9.47 Å². The molecule has 2 fully saturated rings. The third kappa shape index (κ3) is 3.93. The lowest BCUT2D eigenvalue weighted by Crippen LogP contribution is -2.66. The molecule has 1 saturated carbocycles. The van der Waals surface area contributed by atoms with Gasteiger partial charge in [0.25, 0.3) is 0 Å². The van der Waals surface area contributed by atoms with E-state index in [-0.39, 0.29) is 29.3 Å². The summed E-state index contributed by atoms with van der Waals surface area (Å²) in [4.78, 5) is 20.2. The normalized spacial score (nSPS) is 28.4. The van der Waals surface area contributed by atoms with Gasteiger partial charge in [-0.3, -0.25) is 9.63 Å². The number of hydrogen-bond donors (Lipinski definition) is 0. The number of piperidine rings is 1. The molecule has 2 bridgehead atoms. The predicted molar refractivity (Wildman–Crippen MR) is 150 cm³/mol. The first-order chi connectivity index (χ1) is 19.1. The van der Waals surface area contributed by atoms with Crippen LogP contribution in [0.2, 0.25) is 0 Å². The zero-order valence-electron chi connectivity index (χ0n) is 22.8. The minimum Gasteiger partial charge on any atom is -0.493 e. The lowest BCUT2D eigenvalue weighted by atomic mass is 9.52. The van der Waals surface area contributed by atoms with E-state index in [0.717, 1.165) is 50.1 Å². The molecule has 2 heterocycles. The van der Waals surface area contributed by atoms with Gasteiger partial charge in [-0.15, -0.1) is 0 Å². The molecule has 1 saturated heterocycles. The van der Waals surface area contributed by atoms with E-state index in [4.69, 9.17) is 14.3 Å². The average molecular weight is 524 g/mol. The number of hydrogen-bond acceptors (Lipinski definition) is 5. The maximum Gasteiger partial charge on any atom is 0.174 e. The Hall–Kier alpha value is -3.15. The van der Waals surface area contributed by atoms with Crippen molar-refractivity contribution >= 4 is 5.78 Å². The Morgan fingerprint density at radius 3 is 2.59 bits per heavy atom. The molecular formula is C34H37NO4. The van der Waals surface area contributed by atoms with Gasteiger partial charge in [-0.25, -0.2) is 0 Å². The molecule has 0 radical (unpaired) electrons. The number of ether oxygens (including phenoxy) is 2. The zero-order chi connectivity index (χ0) is 26.6. The highest BCUT2D eigenvalue weighted by molar-refractivity contribution is 5.89. The highest BCUT2D eigenvalue weighted by Crippen LogP contribution is 2.63. The molecule has 1 spiro atoms. The number of rotatable bonds is 8. The molecule has 2 aliphatic heterocycles. The summed E-state index contributed by atoms with van der Waals surface area (Å²) in [6.07, 6.45) is 4.92. The van der Waals surface area contributed by atoms with Crippen LogP contribution in [0.1, 0.15) is 60.8 Å². The number of ketones is 1. The van der Waals surface area contributed by atoms with Crippen LogP contribution in [-0.2, 0) is 27.9 Å². The van der Waals surface area contributed by atoms with Crippen LogP contribution in [0, 0.1) is 5.92 Å². The Morgan fingerprint density at radius 1 is 1.05 bits per heavy atom. The highest BCUT2D eigenvalue weighted by Gasteiger charge is 2.66. The molecule has 6 atom stereocenters. The molecule has 2 aliphatic carbocycles. The summed E-state index contributed by atoms with van der Waals surface area (Å²) in [5.41, 5.74) is 4.97. The van der Waals surface area contributed by atoms with Crippen molar-refractivity contribution in [3.05, 3.63) is 95.1 Å². The van der Waals surface area contributed by atoms with Crippen LogP contribution in [0.25, 0.3) is 0 Å². The van der Waals surface area contributed by atoms with Crippen LogP contribution in [-0.4, -0.2) is 42.8 Å². The Balaban J connectivity index is 1.18. The first-order valence-electron chi connectivity index (χ1n) is 14.5.